The topological polar surface area (TPSA) is 72.1 Å². The van der Waals surface area contributed by atoms with E-state index in [2.05, 4.69) is 41.5 Å². The molecule has 0 radical (unpaired) electrons. The number of amidine groups is 1. The lowest BCUT2D eigenvalue weighted by molar-refractivity contribution is 0.394. The molecule has 186 valence electrons. The second kappa shape index (κ2) is 13.3. The van der Waals surface area contributed by atoms with E-state index in [0.717, 1.165) is 17.9 Å². The predicted octanol–water partition coefficient (Wildman–Crippen LogP) is 6.34. The van der Waals surface area contributed by atoms with E-state index < -0.39 is 0 Å². The van der Waals surface area contributed by atoms with Crippen LogP contribution in [0, 0.1) is 13.8 Å². The van der Waals surface area contributed by atoms with E-state index in [0.29, 0.717) is 23.1 Å². The fourth-order valence-corrected chi connectivity index (χ4v) is 3.45. The molecular formula is C27H40N4O3. The van der Waals surface area contributed by atoms with Gasteiger partial charge in [-0.1, -0.05) is 39.3 Å². The smallest absolute Gasteiger partial charge is 0.198 e. The number of anilines is 1. The molecular weight excluding hydrogens is 428 g/mol. The maximum absolute atomic E-state index is 5.72. The molecule has 0 saturated heterocycles. The number of furan rings is 1. The van der Waals surface area contributed by atoms with Crippen molar-refractivity contribution in [2.24, 2.45) is 5.10 Å². The Hall–Kier alpha value is -3.48. The van der Waals surface area contributed by atoms with Crippen LogP contribution in [0.5, 0.6) is 11.5 Å². The van der Waals surface area contributed by atoms with Crippen LogP contribution in [0.25, 0.3) is 0 Å². The molecule has 1 atom stereocenters. The van der Waals surface area contributed by atoms with Gasteiger partial charge in [0.05, 0.1) is 14.2 Å². The summed E-state index contributed by atoms with van der Waals surface area (Å²) in [5, 5.41) is 4.40. The SMILES string of the molecule is CC.CCCc1ccc(C)cn1.COc1cccc(OC)c1N1C(c2ccc(C)o2)=NNC1C.[HH]. The number of aromatic nitrogens is 1. The maximum atomic E-state index is 5.72. The molecule has 1 aromatic carbocycles. The van der Waals surface area contributed by atoms with Crippen molar-refractivity contribution in [1.82, 2.24) is 10.4 Å². The molecule has 0 saturated carbocycles. The summed E-state index contributed by atoms with van der Waals surface area (Å²) in [7, 11) is 3.28. The van der Waals surface area contributed by atoms with Crippen molar-refractivity contribution in [2.75, 3.05) is 19.1 Å². The van der Waals surface area contributed by atoms with E-state index in [1.165, 1.54) is 17.7 Å². The third kappa shape index (κ3) is 6.53. The first-order chi connectivity index (χ1) is 16.5. The van der Waals surface area contributed by atoms with Gasteiger partial charge in [-0.05, 0) is 63.1 Å². The van der Waals surface area contributed by atoms with Gasteiger partial charge in [-0.25, -0.2) is 0 Å². The highest BCUT2D eigenvalue weighted by atomic mass is 16.5. The van der Waals surface area contributed by atoms with Gasteiger partial charge in [0.2, 0.25) is 0 Å². The van der Waals surface area contributed by atoms with Crippen molar-refractivity contribution < 1.29 is 15.3 Å². The summed E-state index contributed by atoms with van der Waals surface area (Å²) in [5.74, 6) is 3.66. The van der Waals surface area contributed by atoms with E-state index in [1.807, 2.05) is 69.1 Å². The number of hydrazone groups is 1. The van der Waals surface area contributed by atoms with Crippen LogP contribution in [0.1, 0.15) is 58.3 Å². The highest BCUT2D eigenvalue weighted by molar-refractivity contribution is 6.11. The number of ether oxygens (including phenoxy) is 2. The summed E-state index contributed by atoms with van der Waals surface area (Å²) in [6.07, 6.45) is 4.15. The minimum absolute atomic E-state index is 0. The number of hydrogen-bond donors (Lipinski definition) is 1. The molecule has 1 unspecified atom stereocenters. The highest BCUT2D eigenvalue weighted by Crippen LogP contribution is 2.40. The third-order valence-electron chi connectivity index (χ3n) is 5.05. The molecule has 0 aliphatic carbocycles. The molecule has 1 N–H and O–H groups in total. The zero-order chi connectivity index (χ0) is 25.1. The van der Waals surface area contributed by atoms with Crippen molar-refractivity contribution in [3.63, 3.8) is 0 Å². The summed E-state index contributed by atoms with van der Waals surface area (Å²) in [6, 6.07) is 13.7. The Labute approximate surface area is 205 Å². The van der Waals surface area contributed by atoms with Gasteiger partial charge in [-0.2, -0.15) is 5.10 Å². The van der Waals surface area contributed by atoms with Crippen LogP contribution in [0.2, 0.25) is 0 Å². The molecule has 0 spiro atoms. The Kier molecular flexibility index (Phi) is 10.5. The van der Waals surface area contributed by atoms with E-state index in [9.17, 15) is 0 Å². The number of methoxy groups -OCH3 is 2. The molecule has 7 heteroatoms. The molecule has 7 nitrogen and oxygen atoms in total. The Morgan fingerprint density at radius 2 is 1.71 bits per heavy atom. The lowest BCUT2D eigenvalue weighted by Crippen LogP contribution is -2.38. The van der Waals surface area contributed by atoms with Gasteiger partial charge >= 0.3 is 0 Å². The summed E-state index contributed by atoms with van der Waals surface area (Å²) < 4.78 is 16.7. The van der Waals surface area contributed by atoms with Crippen LogP contribution < -0.4 is 19.8 Å². The predicted molar refractivity (Wildman–Crippen MR) is 141 cm³/mol. The van der Waals surface area contributed by atoms with Crippen LogP contribution in [-0.2, 0) is 6.42 Å². The van der Waals surface area contributed by atoms with Gasteiger partial charge in [0.15, 0.2) is 11.6 Å². The number of pyridine rings is 1. The summed E-state index contributed by atoms with van der Waals surface area (Å²) in [4.78, 5) is 6.28. The van der Waals surface area contributed by atoms with Crippen LogP contribution in [0.15, 0.2) is 58.2 Å². The highest BCUT2D eigenvalue weighted by Gasteiger charge is 2.33. The second-order valence-corrected chi connectivity index (χ2v) is 7.61. The van der Waals surface area contributed by atoms with Crippen molar-refractivity contribution in [1.29, 1.82) is 0 Å². The standard InChI is InChI=1S/C16H19N3O3.C9H13N.C2H6.H2/c1-10-8-9-14(22-10)16-18-17-11(2)19(16)15-12(20-3)6-5-7-13(15)21-4;1-3-4-9-6-5-8(2)7-10-9;1-2;/h5-9,11,17H,1-4H3;5-7H,3-4H2,1-2H3;1-2H3;1H. The monoisotopic (exact) mass is 468 g/mol. The first-order valence-electron chi connectivity index (χ1n) is 11.8. The summed E-state index contributed by atoms with van der Waals surface area (Å²) in [6.45, 7) is 12.1. The first-order valence-corrected chi connectivity index (χ1v) is 11.8. The third-order valence-corrected chi connectivity index (χ3v) is 5.05. The number of aryl methyl sites for hydroxylation is 3. The average molecular weight is 469 g/mol. The van der Waals surface area contributed by atoms with Gasteiger partial charge in [0.1, 0.15) is 29.1 Å². The van der Waals surface area contributed by atoms with E-state index in [4.69, 9.17) is 13.9 Å². The van der Waals surface area contributed by atoms with Gasteiger partial charge in [0, 0.05) is 13.3 Å². The number of rotatable bonds is 6. The molecule has 1 aliphatic rings. The lowest BCUT2D eigenvalue weighted by atomic mass is 10.2. The molecule has 0 fully saturated rings. The Morgan fingerprint density at radius 3 is 2.21 bits per heavy atom. The molecule has 1 aliphatic heterocycles. The molecule has 3 aromatic rings. The molecule has 2 aromatic heterocycles. The van der Waals surface area contributed by atoms with Crippen molar-refractivity contribution in [3.05, 3.63) is 71.4 Å². The van der Waals surface area contributed by atoms with Crippen molar-refractivity contribution in [2.45, 2.75) is 60.5 Å². The average Bonchev–Trinajstić information content (AvgIpc) is 3.46. The van der Waals surface area contributed by atoms with Gasteiger partial charge in [-0.3, -0.25) is 15.3 Å². The molecule has 4 rings (SSSR count). The van der Waals surface area contributed by atoms with Gasteiger partial charge in [0.25, 0.3) is 0 Å². The number of nitrogens with zero attached hydrogens (tertiary/aromatic N) is 3. The molecule has 3 heterocycles. The van der Waals surface area contributed by atoms with E-state index in [-0.39, 0.29) is 7.59 Å². The number of nitrogens with one attached hydrogen (secondary N) is 1. The van der Waals surface area contributed by atoms with E-state index >= 15 is 0 Å². The lowest BCUT2D eigenvalue weighted by Gasteiger charge is -2.27. The second-order valence-electron chi connectivity index (χ2n) is 7.61. The van der Waals surface area contributed by atoms with Crippen LogP contribution in [0.4, 0.5) is 5.69 Å². The van der Waals surface area contributed by atoms with Crippen molar-refractivity contribution in [3.8, 4) is 11.5 Å². The fraction of sp³-hybridized carbons (Fsp3) is 0.407. The van der Waals surface area contributed by atoms with Crippen molar-refractivity contribution >= 4 is 11.5 Å². The van der Waals surface area contributed by atoms with Gasteiger partial charge in [-0.15, -0.1) is 0 Å². The maximum Gasteiger partial charge on any atom is 0.198 e. The minimum atomic E-state index is -0.0504. The van der Waals surface area contributed by atoms with Crippen LogP contribution >= 0.6 is 0 Å². The zero-order valence-corrected chi connectivity index (χ0v) is 21.7. The fourth-order valence-electron chi connectivity index (χ4n) is 3.45. The zero-order valence-electron chi connectivity index (χ0n) is 21.7. The molecule has 34 heavy (non-hydrogen) atoms. The Bertz CT molecular complexity index is 1030. The molecule has 0 bridgehead atoms. The largest absolute Gasteiger partial charge is 0.494 e. The molecule has 0 amide bonds. The Balaban J connectivity index is 0.000000398. The first kappa shape index (κ1) is 26.8. The summed E-state index contributed by atoms with van der Waals surface area (Å²) >= 11 is 0. The van der Waals surface area contributed by atoms with Gasteiger partial charge < -0.3 is 13.9 Å². The quantitative estimate of drug-likeness (QED) is 0.455. The number of benzene rings is 1. The number of hydrogen-bond acceptors (Lipinski definition) is 7. The number of para-hydroxylation sites is 1. The summed E-state index contributed by atoms with van der Waals surface area (Å²) in [5.41, 5.74) is 6.33. The minimum Gasteiger partial charge on any atom is -0.494 e. The normalized spacial score (nSPS) is 14.2. The van der Waals surface area contributed by atoms with E-state index in [1.54, 1.807) is 14.2 Å². The Morgan fingerprint density at radius 1 is 1.03 bits per heavy atom. The van der Waals surface area contributed by atoms with Crippen LogP contribution in [-0.4, -0.2) is 31.2 Å². The van der Waals surface area contributed by atoms with Crippen LogP contribution in [0.3, 0.4) is 0 Å².